The Morgan fingerprint density at radius 2 is 1.62 bits per heavy atom. The molecule has 0 aliphatic carbocycles. The Morgan fingerprint density at radius 3 is 2.35 bits per heavy atom. The second-order valence-electron chi connectivity index (χ2n) is 6.49. The fourth-order valence-electron chi connectivity index (χ4n) is 3.35. The van der Waals surface area contributed by atoms with Crippen LogP contribution in [0.3, 0.4) is 0 Å². The average molecular weight is 376 g/mol. The summed E-state index contributed by atoms with van der Waals surface area (Å²) in [7, 11) is 0. The van der Waals surface area contributed by atoms with Crippen LogP contribution >= 0.6 is 23.8 Å². The summed E-state index contributed by atoms with van der Waals surface area (Å²) in [5.41, 5.74) is 5.60. The largest absolute Gasteiger partial charge is 0.275 e. The summed E-state index contributed by atoms with van der Waals surface area (Å²) in [6.45, 7) is 0. The van der Waals surface area contributed by atoms with E-state index in [0.717, 1.165) is 39.6 Å². The third kappa shape index (κ3) is 3.62. The van der Waals surface area contributed by atoms with E-state index in [4.69, 9.17) is 28.8 Å². The van der Waals surface area contributed by atoms with Crippen LogP contribution in [0.2, 0.25) is 5.02 Å². The second kappa shape index (κ2) is 7.53. The first-order chi connectivity index (χ1) is 12.7. The number of rotatable bonds is 3. The standard InChI is InChI=1S/C23H18ClNS/c24-19-12-11-18-14-22(26)21(13-16-7-3-1-4-8-16)25-23(20(18)15-19)17-9-5-2-6-10-17/h1-12,15,21H,13-14H2. The van der Waals surface area contributed by atoms with Crippen LogP contribution in [0, 0.1) is 0 Å². The zero-order valence-corrected chi connectivity index (χ0v) is 15.8. The second-order valence-corrected chi connectivity index (χ2v) is 7.45. The van der Waals surface area contributed by atoms with Crippen molar-refractivity contribution in [2.75, 3.05) is 0 Å². The van der Waals surface area contributed by atoms with Crippen molar-refractivity contribution in [1.29, 1.82) is 0 Å². The molecule has 0 aromatic heterocycles. The topological polar surface area (TPSA) is 12.4 Å². The van der Waals surface area contributed by atoms with Gasteiger partial charge in [0.25, 0.3) is 0 Å². The minimum atomic E-state index is -0.0196. The van der Waals surface area contributed by atoms with Crippen LogP contribution < -0.4 is 0 Å². The molecule has 0 spiro atoms. The van der Waals surface area contributed by atoms with Crippen molar-refractivity contribution in [3.8, 4) is 0 Å². The van der Waals surface area contributed by atoms with E-state index in [9.17, 15) is 0 Å². The van der Waals surface area contributed by atoms with E-state index in [1.54, 1.807) is 0 Å². The summed E-state index contributed by atoms with van der Waals surface area (Å²) in [6.07, 6.45) is 1.57. The highest BCUT2D eigenvalue weighted by Crippen LogP contribution is 2.26. The average Bonchev–Trinajstić information content (AvgIpc) is 2.80. The van der Waals surface area contributed by atoms with Gasteiger partial charge in [-0.25, -0.2) is 0 Å². The first kappa shape index (κ1) is 17.1. The van der Waals surface area contributed by atoms with Gasteiger partial charge in [0.05, 0.1) is 11.8 Å². The third-order valence-electron chi connectivity index (χ3n) is 4.67. The van der Waals surface area contributed by atoms with Crippen LogP contribution in [0.25, 0.3) is 0 Å². The molecule has 1 aliphatic rings. The molecular weight excluding hydrogens is 358 g/mol. The molecule has 0 bridgehead atoms. The van der Waals surface area contributed by atoms with Gasteiger partial charge in [0.2, 0.25) is 0 Å². The van der Waals surface area contributed by atoms with Gasteiger partial charge in [-0.1, -0.05) is 90.5 Å². The monoisotopic (exact) mass is 375 g/mol. The normalized spacial score (nSPS) is 16.6. The summed E-state index contributed by atoms with van der Waals surface area (Å²) in [5, 5.41) is 0.722. The van der Waals surface area contributed by atoms with E-state index in [2.05, 4.69) is 42.5 Å². The molecule has 128 valence electrons. The Morgan fingerprint density at radius 1 is 0.923 bits per heavy atom. The lowest BCUT2D eigenvalue weighted by Gasteiger charge is -2.13. The smallest absolute Gasteiger partial charge is 0.0862 e. The minimum Gasteiger partial charge on any atom is -0.275 e. The van der Waals surface area contributed by atoms with E-state index < -0.39 is 0 Å². The highest BCUT2D eigenvalue weighted by molar-refractivity contribution is 7.80. The Labute approximate surface area is 164 Å². The molecule has 0 saturated heterocycles. The van der Waals surface area contributed by atoms with Gasteiger partial charge in [-0.15, -0.1) is 0 Å². The van der Waals surface area contributed by atoms with Crippen molar-refractivity contribution in [2.45, 2.75) is 18.9 Å². The van der Waals surface area contributed by atoms with E-state index in [-0.39, 0.29) is 6.04 Å². The number of fused-ring (bicyclic) bond motifs is 1. The molecule has 0 N–H and O–H groups in total. The van der Waals surface area contributed by atoms with Crippen LogP contribution in [0.1, 0.15) is 22.3 Å². The number of nitrogens with zero attached hydrogens (tertiary/aromatic N) is 1. The summed E-state index contributed by atoms with van der Waals surface area (Å²) >= 11 is 12.1. The SMILES string of the molecule is S=C1Cc2ccc(Cl)cc2C(c2ccccc2)=NC1Cc1ccccc1. The fourth-order valence-corrected chi connectivity index (χ4v) is 3.81. The molecule has 0 radical (unpaired) electrons. The van der Waals surface area contributed by atoms with Crippen LogP contribution in [-0.4, -0.2) is 16.6 Å². The molecule has 3 aromatic carbocycles. The number of thiocarbonyl (C=S) groups is 1. The number of hydrogen-bond acceptors (Lipinski definition) is 2. The molecular formula is C23H18ClNS. The van der Waals surface area contributed by atoms with Crippen molar-refractivity contribution >= 4 is 34.4 Å². The zero-order chi connectivity index (χ0) is 17.9. The minimum absolute atomic E-state index is 0.0196. The van der Waals surface area contributed by atoms with Crippen LogP contribution in [-0.2, 0) is 12.8 Å². The van der Waals surface area contributed by atoms with Gasteiger partial charge in [0.1, 0.15) is 0 Å². The van der Waals surface area contributed by atoms with E-state index >= 15 is 0 Å². The third-order valence-corrected chi connectivity index (χ3v) is 5.32. The number of halogens is 1. The first-order valence-corrected chi connectivity index (χ1v) is 9.48. The zero-order valence-electron chi connectivity index (χ0n) is 14.2. The van der Waals surface area contributed by atoms with Crippen molar-refractivity contribution in [2.24, 2.45) is 4.99 Å². The quantitative estimate of drug-likeness (QED) is 0.534. The summed E-state index contributed by atoms with van der Waals surface area (Å²) < 4.78 is 0. The molecule has 1 nitrogen and oxygen atoms in total. The Kier molecular flexibility index (Phi) is 4.96. The molecule has 3 aromatic rings. The Bertz CT molecular complexity index is 964. The molecule has 1 atom stereocenters. The Hall–Kier alpha value is -2.29. The predicted molar refractivity (Wildman–Crippen MR) is 114 cm³/mol. The van der Waals surface area contributed by atoms with Gasteiger partial charge < -0.3 is 0 Å². The maximum Gasteiger partial charge on any atom is 0.0862 e. The van der Waals surface area contributed by atoms with Crippen LogP contribution in [0.15, 0.2) is 83.9 Å². The lowest BCUT2D eigenvalue weighted by molar-refractivity contribution is 0.854. The molecule has 1 aliphatic heterocycles. The summed E-state index contributed by atoms with van der Waals surface area (Å²) in [6, 6.07) is 26.7. The molecule has 1 heterocycles. The molecule has 4 rings (SSSR count). The van der Waals surface area contributed by atoms with Gasteiger partial charge in [0.15, 0.2) is 0 Å². The van der Waals surface area contributed by atoms with Crippen LogP contribution in [0.4, 0.5) is 0 Å². The predicted octanol–water partition coefficient (Wildman–Crippen LogP) is 5.71. The van der Waals surface area contributed by atoms with Crippen molar-refractivity contribution in [3.63, 3.8) is 0 Å². The lowest BCUT2D eigenvalue weighted by atomic mass is 9.95. The summed E-state index contributed by atoms with van der Waals surface area (Å²) in [4.78, 5) is 6.10. The van der Waals surface area contributed by atoms with Gasteiger partial charge in [-0.3, -0.25) is 4.99 Å². The number of aliphatic imine (C=N–C) groups is 1. The lowest BCUT2D eigenvalue weighted by Crippen LogP contribution is -2.21. The highest BCUT2D eigenvalue weighted by Gasteiger charge is 2.24. The maximum atomic E-state index is 6.30. The molecule has 1 unspecified atom stereocenters. The van der Waals surface area contributed by atoms with E-state index in [1.165, 1.54) is 11.1 Å². The molecule has 26 heavy (non-hydrogen) atoms. The maximum absolute atomic E-state index is 6.30. The van der Waals surface area contributed by atoms with Gasteiger partial charge >= 0.3 is 0 Å². The van der Waals surface area contributed by atoms with E-state index in [0.29, 0.717) is 0 Å². The molecule has 0 amide bonds. The van der Waals surface area contributed by atoms with Gasteiger partial charge in [-0.05, 0) is 29.7 Å². The van der Waals surface area contributed by atoms with Gasteiger partial charge in [0, 0.05) is 27.4 Å². The fraction of sp³-hybridized carbons (Fsp3) is 0.130. The van der Waals surface area contributed by atoms with Crippen molar-refractivity contribution < 1.29 is 0 Å². The highest BCUT2D eigenvalue weighted by atomic mass is 35.5. The van der Waals surface area contributed by atoms with Crippen molar-refractivity contribution in [1.82, 2.24) is 0 Å². The molecule has 0 saturated carbocycles. The molecule has 3 heteroatoms. The number of benzene rings is 3. The first-order valence-electron chi connectivity index (χ1n) is 8.69. The van der Waals surface area contributed by atoms with Crippen molar-refractivity contribution in [3.05, 3.63) is 106 Å². The van der Waals surface area contributed by atoms with Crippen LogP contribution in [0.5, 0.6) is 0 Å². The van der Waals surface area contributed by atoms with Gasteiger partial charge in [-0.2, -0.15) is 0 Å². The Balaban J connectivity index is 1.83. The summed E-state index contributed by atoms with van der Waals surface area (Å²) in [5.74, 6) is 0. The molecule has 0 fully saturated rings. The van der Waals surface area contributed by atoms with E-state index in [1.807, 2.05) is 36.4 Å². The number of hydrogen-bond donors (Lipinski definition) is 0.